The monoisotopic (exact) mass is 250 g/mol. The lowest BCUT2D eigenvalue weighted by atomic mass is 9.99. The summed E-state index contributed by atoms with van der Waals surface area (Å²) >= 11 is 0. The molecule has 2 heterocycles. The lowest BCUT2D eigenvalue weighted by Gasteiger charge is -2.33. The standard InChI is InChI=1S/C12H18N4O2/c13-10-3-4-11(15-6-10)16-5-1-2-9(7-16)8-18-12(14)17/h3-4,6,9H,1-2,5,7-8,13H2,(H2,14,17). The molecule has 1 fully saturated rings. The van der Waals surface area contributed by atoms with Gasteiger partial charge in [-0.3, -0.25) is 0 Å². The number of carbonyl (C=O) groups is 1. The van der Waals surface area contributed by atoms with Gasteiger partial charge in [-0.05, 0) is 25.0 Å². The van der Waals surface area contributed by atoms with E-state index >= 15 is 0 Å². The second kappa shape index (κ2) is 5.57. The lowest BCUT2D eigenvalue weighted by molar-refractivity contribution is 0.131. The van der Waals surface area contributed by atoms with Crippen LogP contribution in [0.3, 0.4) is 0 Å². The van der Waals surface area contributed by atoms with Crippen LogP contribution in [-0.4, -0.2) is 30.8 Å². The van der Waals surface area contributed by atoms with E-state index in [1.54, 1.807) is 6.20 Å². The predicted molar refractivity (Wildman–Crippen MR) is 69.1 cm³/mol. The number of hydrogen-bond acceptors (Lipinski definition) is 5. The number of anilines is 2. The highest BCUT2D eigenvalue weighted by Gasteiger charge is 2.21. The molecule has 1 aliphatic rings. The van der Waals surface area contributed by atoms with Crippen LogP contribution in [0.15, 0.2) is 18.3 Å². The van der Waals surface area contributed by atoms with Crippen molar-refractivity contribution in [2.75, 3.05) is 30.3 Å². The number of nitrogens with zero attached hydrogens (tertiary/aromatic N) is 2. The molecule has 1 atom stereocenters. The zero-order chi connectivity index (χ0) is 13.0. The quantitative estimate of drug-likeness (QED) is 0.833. The number of piperidine rings is 1. The Kier molecular flexibility index (Phi) is 3.86. The molecule has 1 unspecified atom stereocenters. The summed E-state index contributed by atoms with van der Waals surface area (Å²) in [5.74, 6) is 1.22. The summed E-state index contributed by atoms with van der Waals surface area (Å²) in [4.78, 5) is 17.1. The van der Waals surface area contributed by atoms with Crippen molar-refractivity contribution in [3.8, 4) is 0 Å². The number of carbonyl (C=O) groups excluding carboxylic acids is 1. The molecule has 0 aromatic carbocycles. The number of nitrogens with two attached hydrogens (primary N) is 2. The van der Waals surface area contributed by atoms with Gasteiger partial charge < -0.3 is 21.1 Å². The van der Waals surface area contributed by atoms with Crippen molar-refractivity contribution < 1.29 is 9.53 Å². The third-order valence-electron chi connectivity index (χ3n) is 3.08. The Labute approximate surface area is 106 Å². The Morgan fingerprint density at radius 1 is 1.56 bits per heavy atom. The molecular formula is C12H18N4O2. The van der Waals surface area contributed by atoms with E-state index in [1.165, 1.54) is 0 Å². The van der Waals surface area contributed by atoms with E-state index in [4.69, 9.17) is 16.2 Å². The molecule has 1 aromatic heterocycles. The number of pyridine rings is 1. The Morgan fingerprint density at radius 3 is 3.06 bits per heavy atom. The second-order valence-electron chi connectivity index (χ2n) is 4.53. The molecule has 18 heavy (non-hydrogen) atoms. The first-order chi connectivity index (χ1) is 8.65. The normalized spacial score (nSPS) is 19.6. The fourth-order valence-electron chi connectivity index (χ4n) is 2.19. The van der Waals surface area contributed by atoms with Crippen molar-refractivity contribution in [1.82, 2.24) is 4.98 Å². The number of hydrogen-bond donors (Lipinski definition) is 2. The molecule has 1 saturated heterocycles. The van der Waals surface area contributed by atoms with Crippen molar-refractivity contribution in [3.63, 3.8) is 0 Å². The number of ether oxygens (including phenoxy) is 1. The van der Waals surface area contributed by atoms with Crippen LogP contribution in [0.4, 0.5) is 16.3 Å². The van der Waals surface area contributed by atoms with Crippen LogP contribution in [0.5, 0.6) is 0 Å². The van der Waals surface area contributed by atoms with Crippen LogP contribution in [0.25, 0.3) is 0 Å². The van der Waals surface area contributed by atoms with Gasteiger partial charge in [0, 0.05) is 19.0 Å². The summed E-state index contributed by atoms with van der Waals surface area (Å²) in [6.07, 6.45) is 3.04. The molecule has 2 rings (SSSR count). The Hall–Kier alpha value is -1.98. The molecule has 6 nitrogen and oxygen atoms in total. The molecule has 0 spiro atoms. The van der Waals surface area contributed by atoms with E-state index in [1.807, 2.05) is 12.1 Å². The van der Waals surface area contributed by atoms with Crippen molar-refractivity contribution in [3.05, 3.63) is 18.3 Å². The Bertz CT molecular complexity index is 407. The largest absolute Gasteiger partial charge is 0.449 e. The fourth-order valence-corrected chi connectivity index (χ4v) is 2.19. The number of amides is 1. The molecule has 0 aliphatic carbocycles. The topological polar surface area (TPSA) is 94.5 Å². The second-order valence-corrected chi connectivity index (χ2v) is 4.53. The number of rotatable bonds is 3. The summed E-state index contributed by atoms with van der Waals surface area (Å²) in [5.41, 5.74) is 11.2. The van der Waals surface area contributed by atoms with E-state index in [2.05, 4.69) is 9.88 Å². The van der Waals surface area contributed by atoms with Crippen molar-refractivity contribution in [2.24, 2.45) is 11.7 Å². The highest BCUT2D eigenvalue weighted by atomic mass is 16.5. The van der Waals surface area contributed by atoms with Crippen molar-refractivity contribution in [2.45, 2.75) is 12.8 Å². The first-order valence-electron chi connectivity index (χ1n) is 6.04. The maximum absolute atomic E-state index is 10.6. The minimum Gasteiger partial charge on any atom is -0.449 e. The molecule has 0 radical (unpaired) electrons. The van der Waals surface area contributed by atoms with Gasteiger partial charge in [0.25, 0.3) is 0 Å². The van der Waals surface area contributed by atoms with Crippen molar-refractivity contribution in [1.29, 1.82) is 0 Å². The summed E-state index contributed by atoms with van der Waals surface area (Å²) in [7, 11) is 0. The van der Waals surface area contributed by atoms with Crippen LogP contribution >= 0.6 is 0 Å². The highest BCUT2D eigenvalue weighted by Crippen LogP contribution is 2.22. The first kappa shape index (κ1) is 12.5. The molecule has 98 valence electrons. The number of nitrogen functional groups attached to an aromatic ring is 1. The van der Waals surface area contributed by atoms with Gasteiger partial charge in [0.05, 0.1) is 18.5 Å². The summed E-state index contributed by atoms with van der Waals surface area (Å²) < 4.78 is 4.86. The molecule has 4 N–H and O–H groups in total. The Balaban J connectivity index is 1.93. The van der Waals surface area contributed by atoms with Crippen LogP contribution in [0.2, 0.25) is 0 Å². The molecule has 6 heteroatoms. The number of primary amides is 1. The third-order valence-corrected chi connectivity index (χ3v) is 3.08. The van der Waals surface area contributed by atoms with Crippen molar-refractivity contribution >= 4 is 17.6 Å². The fraction of sp³-hybridized carbons (Fsp3) is 0.500. The Morgan fingerprint density at radius 2 is 2.39 bits per heavy atom. The summed E-state index contributed by atoms with van der Waals surface area (Å²) in [5, 5.41) is 0. The SMILES string of the molecule is NC(=O)OCC1CCCN(c2ccc(N)cn2)C1. The van der Waals surface area contributed by atoms with Gasteiger partial charge in [0.15, 0.2) is 0 Å². The summed E-state index contributed by atoms with van der Waals surface area (Å²) in [6.45, 7) is 2.16. The third kappa shape index (κ3) is 3.26. The van der Waals surface area contributed by atoms with E-state index in [0.29, 0.717) is 18.2 Å². The summed E-state index contributed by atoms with van der Waals surface area (Å²) in [6, 6.07) is 3.75. The van der Waals surface area contributed by atoms with Gasteiger partial charge in [-0.2, -0.15) is 0 Å². The maximum atomic E-state index is 10.6. The number of aromatic nitrogens is 1. The van der Waals surface area contributed by atoms with Crippen LogP contribution < -0.4 is 16.4 Å². The van der Waals surface area contributed by atoms with Crippen LogP contribution in [0.1, 0.15) is 12.8 Å². The zero-order valence-electron chi connectivity index (χ0n) is 10.2. The smallest absolute Gasteiger partial charge is 0.404 e. The lowest BCUT2D eigenvalue weighted by Crippen LogP contribution is -2.38. The van der Waals surface area contributed by atoms with E-state index < -0.39 is 6.09 Å². The molecule has 0 bridgehead atoms. The molecular weight excluding hydrogens is 232 g/mol. The van der Waals surface area contributed by atoms with E-state index in [0.717, 1.165) is 31.7 Å². The van der Waals surface area contributed by atoms with Gasteiger partial charge in [0.1, 0.15) is 5.82 Å². The molecule has 0 saturated carbocycles. The van der Waals surface area contributed by atoms with Crippen LogP contribution in [0, 0.1) is 5.92 Å². The predicted octanol–water partition coefficient (Wildman–Crippen LogP) is 0.975. The van der Waals surface area contributed by atoms with Crippen LogP contribution in [-0.2, 0) is 4.74 Å². The molecule has 1 aliphatic heterocycles. The van der Waals surface area contributed by atoms with Gasteiger partial charge >= 0.3 is 6.09 Å². The zero-order valence-corrected chi connectivity index (χ0v) is 10.2. The highest BCUT2D eigenvalue weighted by molar-refractivity contribution is 5.64. The first-order valence-corrected chi connectivity index (χ1v) is 6.04. The van der Waals surface area contributed by atoms with E-state index in [-0.39, 0.29) is 0 Å². The minimum absolute atomic E-state index is 0.311. The average Bonchev–Trinajstić information content (AvgIpc) is 2.37. The van der Waals surface area contributed by atoms with Gasteiger partial charge in [0.2, 0.25) is 0 Å². The maximum Gasteiger partial charge on any atom is 0.404 e. The van der Waals surface area contributed by atoms with Gasteiger partial charge in [-0.15, -0.1) is 0 Å². The average molecular weight is 250 g/mol. The van der Waals surface area contributed by atoms with E-state index in [9.17, 15) is 4.79 Å². The molecule has 1 aromatic rings. The van der Waals surface area contributed by atoms with Gasteiger partial charge in [-0.1, -0.05) is 0 Å². The minimum atomic E-state index is -0.710. The molecule has 1 amide bonds. The van der Waals surface area contributed by atoms with Gasteiger partial charge in [-0.25, -0.2) is 9.78 Å².